The third-order valence-corrected chi connectivity index (χ3v) is 2.83. The van der Waals surface area contributed by atoms with Gasteiger partial charge in [0.05, 0.1) is 0 Å². The van der Waals surface area contributed by atoms with Gasteiger partial charge in [-0.3, -0.25) is 15.0 Å². The quantitative estimate of drug-likeness (QED) is 0.610. The molecule has 0 unspecified atom stereocenters. The van der Waals surface area contributed by atoms with Gasteiger partial charge in [-0.25, -0.2) is 4.79 Å². The molecule has 2 aliphatic heterocycles. The second-order valence-corrected chi connectivity index (χ2v) is 4.05. The molecule has 5 heteroatoms. The predicted octanol–water partition coefficient (Wildman–Crippen LogP) is -0.320. The number of likely N-dealkylation sites (tertiary alicyclic amines) is 1. The van der Waals surface area contributed by atoms with E-state index in [0.717, 1.165) is 19.4 Å². The zero-order chi connectivity index (χ0) is 10.2. The lowest BCUT2D eigenvalue weighted by atomic mass is 9.90. The molecule has 0 aliphatic carbocycles. The maximum atomic E-state index is 11.4. The highest BCUT2D eigenvalue weighted by molar-refractivity contribution is 6.08. The minimum atomic E-state index is -0.606. The number of imide groups is 1. The van der Waals surface area contributed by atoms with E-state index >= 15 is 0 Å². The first-order valence-electron chi connectivity index (χ1n) is 5.02. The van der Waals surface area contributed by atoms with Gasteiger partial charge in [0.2, 0.25) is 0 Å². The summed E-state index contributed by atoms with van der Waals surface area (Å²) in [7, 11) is 0. The highest BCUT2D eigenvalue weighted by Gasteiger charge is 2.54. The molecule has 0 saturated carbocycles. The number of nitrogens with zero attached hydrogens (tertiary/aromatic N) is 1. The van der Waals surface area contributed by atoms with Gasteiger partial charge in [0.1, 0.15) is 5.54 Å². The molecule has 0 aromatic rings. The largest absolute Gasteiger partial charge is 0.322 e. The van der Waals surface area contributed by atoms with E-state index in [4.69, 9.17) is 0 Å². The molecule has 2 saturated heterocycles. The Labute approximate surface area is 82.8 Å². The fourth-order valence-electron chi connectivity index (χ4n) is 2.01. The Balaban J connectivity index is 1.86. The molecule has 2 rings (SSSR count). The van der Waals surface area contributed by atoms with Crippen molar-refractivity contribution in [1.82, 2.24) is 15.5 Å². The summed E-state index contributed by atoms with van der Waals surface area (Å²) in [5, 5.41) is 4.95. The number of amides is 3. The zero-order valence-corrected chi connectivity index (χ0v) is 8.30. The van der Waals surface area contributed by atoms with Crippen LogP contribution in [0.5, 0.6) is 0 Å². The zero-order valence-electron chi connectivity index (χ0n) is 8.30. The molecule has 3 amide bonds. The average Bonchev–Trinajstić information content (AvgIpc) is 2.35. The van der Waals surface area contributed by atoms with E-state index in [1.165, 1.54) is 0 Å². The number of hydrogen-bond donors (Lipinski definition) is 2. The van der Waals surface area contributed by atoms with Gasteiger partial charge < -0.3 is 5.32 Å². The van der Waals surface area contributed by atoms with Crippen LogP contribution in [-0.2, 0) is 4.79 Å². The Morgan fingerprint density at radius 1 is 1.43 bits per heavy atom. The molecule has 14 heavy (non-hydrogen) atoms. The van der Waals surface area contributed by atoms with Crippen molar-refractivity contribution >= 4 is 11.9 Å². The fourth-order valence-corrected chi connectivity index (χ4v) is 2.01. The van der Waals surface area contributed by atoms with E-state index in [0.29, 0.717) is 13.1 Å². The number of nitrogens with one attached hydrogen (secondary N) is 2. The van der Waals surface area contributed by atoms with E-state index in [9.17, 15) is 9.59 Å². The van der Waals surface area contributed by atoms with Gasteiger partial charge in [-0.15, -0.1) is 0 Å². The lowest BCUT2D eigenvalue weighted by Crippen LogP contribution is -2.70. The van der Waals surface area contributed by atoms with Crippen LogP contribution in [0, 0.1) is 0 Å². The summed E-state index contributed by atoms with van der Waals surface area (Å²) in [6, 6.07) is -0.356. The second-order valence-electron chi connectivity index (χ2n) is 4.05. The Hall–Kier alpha value is -1.10. The standard InChI is InChI=1S/C9H15N3O2/c1-2-3-4-12-5-9(6-12)7(13)10-8(14)11-9/h2-6H2,1H3,(H2,10,11,13,14). The third-order valence-electron chi connectivity index (χ3n) is 2.83. The molecule has 1 spiro atoms. The van der Waals surface area contributed by atoms with Crippen molar-refractivity contribution in [2.24, 2.45) is 0 Å². The van der Waals surface area contributed by atoms with E-state index < -0.39 is 5.54 Å². The van der Waals surface area contributed by atoms with Crippen LogP contribution in [0.2, 0.25) is 0 Å². The van der Waals surface area contributed by atoms with Crippen molar-refractivity contribution in [3.63, 3.8) is 0 Å². The molecule has 2 heterocycles. The molecule has 5 nitrogen and oxygen atoms in total. The molecular weight excluding hydrogens is 182 g/mol. The van der Waals surface area contributed by atoms with Gasteiger partial charge in [0.25, 0.3) is 5.91 Å². The molecule has 2 aliphatic rings. The van der Waals surface area contributed by atoms with Crippen LogP contribution in [0.25, 0.3) is 0 Å². The van der Waals surface area contributed by atoms with Gasteiger partial charge >= 0.3 is 6.03 Å². The number of rotatable bonds is 3. The topological polar surface area (TPSA) is 61.4 Å². The summed E-state index contributed by atoms with van der Waals surface area (Å²) in [6.45, 7) is 4.47. The van der Waals surface area contributed by atoms with Crippen molar-refractivity contribution in [1.29, 1.82) is 0 Å². The van der Waals surface area contributed by atoms with Gasteiger partial charge in [0.15, 0.2) is 0 Å². The molecule has 0 radical (unpaired) electrons. The first-order valence-corrected chi connectivity index (χ1v) is 5.02. The number of hydrogen-bond acceptors (Lipinski definition) is 3. The lowest BCUT2D eigenvalue weighted by Gasteiger charge is -2.45. The van der Waals surface area contributed by atoms with Crippen molar-refractivity contribution < 1.29 is 9.59 Å². The highest BCUT2D eigenvalue weighted by Crippen LogP contribution is 2.24. The van der Waals surface area contributed by atoms with Crippen LogP contribution in [0.1, 0.15) is 19.8 Å². The molecule has 78 valence electrons. The van der Waals surface area contributed by atoms with Gasteiger partial charge in [-0.1, -0.05) is 13.3 Å². The Kier molecular flexibility index (Phi) is 2.19. The SMILES string of the molecule is CCCCN1CC2(C1)NC(=O)NC2=O. The van der Waals surface area contributed by atoms with Gasteiger partial charge in [-0.2, -0.15) is 0 Å². The summed E-state index contributed by atoms with van der Waals surface area (Å²) in [4.78, 5) is 24.5. The lowest BCUT2D eigenvalue weighted by molar-refractivity contribution is -0.130. The minimum absolute atomic E-state index is 0.171. The van der Waals surface area contributed by atoms with Crippen LogP contribution in [0.15, 0.2) is 0 Å². The van der Waals surface area contributed by atoms with Crippen LogP contribution < -0.4 is 10.6 Å². The Bertz CT molecular complexity index is 271. The van der Waals surface area contributed by atoms with Crippen LogP contribution in [-0.4, -0.2) is 42.0 Å². The fraction of sp³-hybridized carbons (Fsp3) is 0.778. The van der Waals surface area contributed by atoms with Gasteiger partial charge in [-0.05, 0) is 13.0 Å². The number of carbonyl (C=O) groups excluding carboxylic acids is 2. The Morgan fingerprint density at radius 2 is 2.14 bits per heavy atom. The summed E-state index contributed by atoms with van der Waals surface area (Å²) in [5.41, 5.74) is -0.606. The molecular formula is C9H15N3O2. The molecule has 0 aromatic carbocycles. The summed E-state index contributed by atoms with van der Waals surface area (Å²) < 4.78 is 0. The molecule has 0 aromatic heterocycles. The summed E-state index contributed by atoms with van der Waals surface area (Å²) >= 11 is 0. The van der Waals surface area contributed by atoms with Crippen molar-refractivity contribution in [3.8, 4) is 0 Å². The number of carbonyl (C=O) groups is 2. The maximum Gasteiger partial charge on any atom is 0.322 e. The monoisotopic (exact) mass is 197 g/mol. The third kappa shape index (κ3) is 1.37. The van der Waals surface area contributed by atoms with E-state index in [2.05, 4.69) is 22.5 Å². The van der Waals surface area contributed by atoms with E-state index in [1.54, 1.807) is 0 Å². The van der Waals surface area contributed by atoms with Gasteiger partial charge in [0, 0.05) is 13.1 Å². The van der Waals surface area contributed by atoms with E-state index in [1.807, 2.05) is 0 Å². The molecule has 2 fully saturated rings. The second kappa shape index (κ2) is 3.24. The number of urea groups is 1. The predicted molar refractivity (Wildman–Crippen MR) is 50.8 cm³/mol. The first kappa shape index (κ1) is 9.45. The maximum absolute atomic E-state index is 11.4. The van der Waals surface area contributed by atoms with Crippen molar-refractivity contribution in [3.05, 3.63) is 0 Å². The van der Waals surface area contributed by atoms with Crippen LogP contribution in [0.4, 0.5) is 4.79 Å². The average molecular weight is 197 g/mol. The minimum Gasteiger partial charge on any atom is -0.321 e. The normalized spacial score (nSPS) is 24.6. The molecule has 0 bridgehead atoms. The van der Waals surface area contributed by atoms with Crippen LogP contribution in [0.3, 0.4) is 0 Å². The van der Waals surface area contributed by atoms with Crippen molar-refractivity contribution in [2.45, 2.75) is 25.3 Å². The highest BCUT2D eigenvalue weighted by atomic mass is 16.2. The summed E-state index contributed by atoms with van der Waals surface area (Å²) in [5.74, 6) is -0.171. The summed E-state index contributed by atoms with van der Waals surface area (Å²) in [6.07, 6.45) is 2.30. The van der Waals surface area contributed by atoms with Crippen molar-refractivity contribution in [2.75, 3.05) is 19.6 Å². The molecule has 0 atom stereocenters. The molecule has 2 N–H and O–H groups in total. The van der Waals surface area contributed by atoms with Crippen LogP contribution >= 0.6 is 0 Å². The first-order chi connectivity index (χ1) is 6.66. The smallest absolute Gasteiger partial charge is 0.321 e. The number of unbranched alkanes of at least 4 members (excludes halogenated alkanes) is 1. The van der Waals surface area contributed by atoms with E-state index in [-0.39, 0.29) is 11.9 Å². The Morgan fingerprint density at radius 3 is 2.64 bits per heavy atom.